The molecule has 0 aliphatic heterocycles. The minimum Gasteiger partial charge on any atom is -0.465 e. The molecule has 0 unspecified atom stereocenters. The quantitative estimate of drug-likeness (QED) is 0.788. The number of aryl methyl sites for hydroxylation is 1. The van der Waals surface area contributed by atoms with Crippen molar-refractivity contribution in [3.05, 3.63) is 52.2 Å². The Hall–Kier alpha value is -1.93. The Balaban J connectivity index is 2.40. The lowest BCUT2D eigenvalue weighted by molar-refractivity contribution is 0.476. The fraction of sp³-hybridized carbons (Fsp3) is 0.0833. The van der Waals surface area contributed by atoms with Crippen LogP contribution in [-0.2, 0) is 0 Å². The van der Waals surface area contributed by atoms with Gasteiger partial charge < -0.3 is 9.58 Å². The molecule has 2 aromatic rings. The summed E-state index contributed by atoms with van der Waals surface area (Å²) < 4.78 is 6.41. The molecule has 0 N–H and O–H groups in total. The Labute approximate surface area is 107 Å². The average Bonchev–Trinajstić information content (AvgIpc) is 2.32. The molecular formula is C12H8BrN3O. The van der Waals surface area contributed by atoms with E-state index in [-0.39, 0.29) is 5.82 Å². The van der Waals surface area contributed by atoms with Gasteiger partial charge >= 0.3 is 5.82 Å². The summed E-state index contributed by atoms with van der Waals surface area (Å²) in [6.45, 7) is 8.87. The van der Waals surface area contributed by atoms with Crippen molar-refractivity contribution >= 4 is 21.7 Å². The van der Waals surface area contributed by atoms with Gasteiger partial charge in [0.05, 0.1) is 10.2 Å². The summed E-state index contributed by atoms with van der Waals surface area (Å²) in [4.78, 5) is 11.4. The van der Waals surface area contributed by atoms with Crippen LogP contribution < -0.4 is 4.74 Å². The van der Waals surface area contributed by atoms with Gasteiger partial charge in [-0.15, -0.1) is 4.98 Å². The van der Waals surface area contributed by atoms with E-state index in [2.05, 4.69) is 30.7 Å². The third-order valence-corrected chi connectivity index (χ3v) is 2.52. The summed E-state index contributed by atoms with van der Waals surface area (Å²) >= 11 is 3.30. The van der Waals surface area contributed by atoms with Crippen molar-refractivity contribution in [3.63, 3.8) is 0 Å². The van der Waals surface area contributed by atoms with E-state index in [0.717, 1.165) is 10.2 Å². The first-order chi connectivity index (χ1) is 8.20. The van der Waals surface area contributed by atoms with E-state index < -0.39 is 0 Å². The summed E-state index contributed by atoms with van der Waals surface area (Å²) in [5, 5.41) is 0. The van der Waals surface area contributed by atoms with Gasteiger partial charge in [-0.3, -0.25) is 4.98 Å². The first-order valence-corrected chi connectivity index (χ1v) is 5.62. The highest BCUT2D eigenvalue weighted by atomic mass is 79.9. The van der Waals surface area contributed by atoms with Crippen LogP contribution in [0.2, 0.25) is 0 Å². The summed E-state index contributed by atoms with van der Waals surface area (Å²) in [5.74, 6) is 1.28. The molecule has 0 aliphatic carbocycles. The Kier molecular flexibility index (Phi) is 3.35. The highest BCUT2D eigenvalue weighted by Gasteiger charge is 2.09. The normalized spacial score (nSPS) is 9.71. The van der Waals surface area contributed by atoms with Gasteiger partial charge in [0.15, 0.2) is 5.75 Å². The van der Waals surface area contributed by atoms with Crippen LogP contribution in [0.1, 0.15) is 5.69 Å². The van der Waals surface area contributed by atoms with E-state index in [0.29, 0.717) is 11.5 Å². The fourth-order valence-corrected chi connectivity index (χ4v) is 1.58. The van der Waals surface area contributed by atoms with Crippen LogP contribution >= 0.6 is 15.9 Å². The molecule has 2 rings (SSSR count). The number of halogens is 1. The van der Waals surface area contributed by atoms with Crippen LogP contribution in [-0.4, -0.2) is 9.97 Å². The molecule has 0 saturated heterocycles. The Morgan fingerprint density at radius 2 is 2.18 bits per heavy atom. The number of hydrogen-bond donors (Lipinski definition) is 0. The third kappa shape index (κ3) is 2.60. The van der Waals surface area contributed by atoms with Gasteiger partial charge in [0.1, 0.15) is 11.9 Å². The highest BCUT2D eigenvalue weighted by molar-refractivity contribution is 9.10. The predicted octanol–water partition coefficient (Wildman–Crippen LogP) is 3.89. The summed E-state index contributed by atoms with van der Waals surface area (Å²) in [7, 11) is 0. The molecule has 2 heterocycles. The number of rotatable bonds is 2. The zero-order chi connectivity index (χ0) is 12.3. The molecule has 0 radical (unpaired) electrons. The van der Waals surface area contributed by atoms with Crippen molar-refractivity contribution in [2.75, 3.05) is 0 Å². The monoisotopic (exact) mass is 289 g/mol. The SMILES string of the molecule is [C-]#[N+]c1ncc(Br)cc1Oc1cccnc1C. The van der Waals surface area contributed by atoms with Crippen molar-refractivity contribution < 1.29 is 4.74 Å². The van der Waals surface area contributed by atoms with Gasteiger partial charge in [-0.2, -0.15) is 0 Å². The Morgan fingerprint density at radius 3 is 2.88 bits per heavy atom. The molecular weight excluding hydrogens is 282 g/mol. The number of ether oxygens (including phenoxy) is 1. The average molecular weight is 290 g/mol. The maximum absolute atomic E-state index is 7.03. The lowest BCUT2D eigenvalue weighted by Gasteiger charge is -2.08. The van der Waals surface area contributed by atoms with E-state index in [1.54, 1.807) is 30.6 Å². The number of hydrogen-bond acceptors (Lipinski definition) is 3. The fourth-order valence-electron chi connectivity index (χ4n) is 1.27. The summed E-state index contributed by atoms with van der Waals surface area (Å²) in [5.41, 5.74) is 0.767. The van der Waals surface area contributed by atoms with Crippen LogP contribution in [0.5, 0.6) is 11.5 Å². The topological polar surface area (TPSA) is 39.4 Å². The van der Waals surface area contributed by atoms with E-state index in [9.17, 15) is 0 Å². The van der Waals surface area contributed by atoms with Crippen LogP contribution in [0, 0.1) is 13.5 Å². The molecule has 0 bridgehead atoms. The lowest BCUT2D eigenvalue weighted by Crippen LogP contribution is -1.90. The largest absolute Gasteiger partial charge is 0.465 e. The zero-order valence-electron chi connectivity index (χ0n) is 9.01. The lowest BCUT2D eigenvalue weighted by atomic mass is 10.3. The molecule has 0 aliphatic rings. The van der Waals surface area contributed by atoms with E-state index in [4.69, 9.17) is 11.3 Å². The zero-order valence-corrected chi connectivity index (χ0v) is 10.6. The van der Waals surface area contributed by atoms with E-state index >= 15 is 0 Å². The minimum atomic E-state index is 0.233. The molecule has 5 heteroatoms. The summed E-state index contributed by atoms with van der Waals surface area (Å²) in [6, 6.07) is 5.30. The molecule has 0 atom stereocenters. The van der Waals surface area contributed by atoms with Crippen molar-refractivity contribution in [2.24, 2.45) is 0 Å². The van der Waals surface area contributed by atoms with Crippen LogP contribution in [0.25, 0.3) is 4.85 Å². The van der Waals surface area contributed by atoms with E-state index in [1.807, 2.05) is 6.92 Å². The highest BCUT2D eigenvalue weighted by Crippen LogP contribution is 2.32. The molecule has 0 fully saturated rings. The van der Waals surface area contributed by atoms with Crippen LogP contribution in [0.4, 0.5) is 5.82 Å². The van der Waals surface area contributed by atoms with Gasteiger partial charge in [-0.25, -0.2) is 0 Å². The molecule has 0 spiro atoms. The molecule has 84 valence electrons. The van der Waals surface area contributed by atoms with Gasteiger partial charge in [-0.1, -0.05) is 6.57 Å². The second kappa shape index (κ2) is 4.93. The van der Waals surface area contributed by atoms with Gasteiger partial charge in [-0.05, 0) is 41.1 Å². The van der Waals surface area contributed by atoms with Crippen molar-refractivity contribution in [1.82, 2.24) is 9.97 Å². The standard InChI is InChI=1S/C12H8BrN3O/c1-8-10(4-3-5-15-8)17-11-6-9(13)7-16-12(11)14-2/h3-7H,1H3. The van der Waals surface area contributed by atoms with Gasteiger partial charge in [0, 0.05) is 6.20 Å². The molecule has 17 heavy (non-hydrogen) atoms. The molecule has 2 aromatic heterocycles. The number of pyridine rings is 2. The molecule has 0 aromatic carbocycles. The second-order valence-corrected chi connectivity index (χ2v) is 4.19. The predicted molar refractivity (Wildman–Crippen MR) is 67.2 cm³/mol. The van der Waals surface area contributed by atoms with E-state index in [1.165, 1.54) is 0 Å². The summed E-state index contributed by atoms with van der Waals surface area (Å²) in [6.07, 6.45) is 3.26. The maximum Gasteiger partial charge on any atom is 0.312 e. The smallest absolute Gasteiger partial charge is 0.312 e. The Morgan fingerprint density at radius 1 is 1.35 bits per heavy atom. The van der Waals surface area contributed by atoms with Gasteiger partial charge in [0.2, 0.25) is 0 Å². The van der Waals surface area contributed by atoms with Crippen molar-refractivity contribution in [1.29, 1.82) is 0 Å². The number of aromatic nitrogens is 2. The van der Waals surface area contributed by atoms with Crippen LogP contribution in [0.3, 0.4) is 0 Å². The maximum atomic E-state index is 7.03. The third-order valence-electron chi connectivity index (χ3n) is 2.08. The first kappa shape index (κ1) is 11.6. The first-order valence-electron chi connectivity index (χ1n) is 4.83. The van der Waals surface area contributed by atoms with Crippen molar-refractivity contribution in [3.8, 4) is 11.5 Å². The number of nitrogens with zero attached hydrogens (tertiary/aromatic N) is 3. The minimum absolute atomic E-state index is 0.233. The van der Waals surface area contributed by atoms with Crippen molar-refractivity contribution in [2.45, 2.75) is 6.92 Å². The molecule has 0 amide bonds. The second-order valence-electron chi connectivity index (χ2n) is 3.28. The van der Waals surface area contributed by atoms with Crippen LogP contribution in [0.15, 0.2) is 35.1 Å². The molecule has 4 nitrogen and oxygen atoms in total. The molecule has 0 saturated carbocycles. The van der Waals surface area contributed by atoms with Gasteiger partial charge in [0.25, 0.3) is 0 Å². The Bertz CT molecular complexity index is 593.